The second-order valence-corrected chi connectivity index (χ2v) is 10.3. The van der Waals surface area contributed by atoms with Crippen molar-refractivity contribution in [2.75, 3.05) is 54.1 Å². The van der Waals surface area contributed by atoms with Crippen molar-refractivity contribution in [1.29, 1.82) is 0 Å². The topological polar surface area (TPSA) is 94.1 Å². The number of pyridine rings is 1. The Labute approximate surface area is 238 Å². The van der Waals surface area contributed by atoms with Gasteiger partial charge in [0.05, 0.1) is 5.52 Å². The molecule has 0 bridgehead atoms. The molecule has 1 saturated heterocycles. The smallest absolute Gasteiger partial charge is 0.233 e. The minimum atomic E-state index is 0.483. The number of anilines is 7. The Balaban J connectivity index is 1.22. The highest BCUT2D eigenvalue weighted by Crippen LogP contribution is 2.28. The standard InChI is InChI=1S/C30H30ClN9/c1-20-3-6-23(7-4-20)34-28-36-29(38-30(37-28)40-17-15-39(2)16-18-40)35-24-10-8-22(9-11-24)33-26-13-14-32-27-19-21(31)5-12-25(26)27/h3-14,19H,15-18H2,1-2H3,(H,32,33)(H2,34,35,36,37,38). The summed E-state index contributed by atoms with van der Waals surface area (Å²) in [6, 6.07) is 23.8. The molecule has 1 fully saturated rings. The van der Waals surface area contributed by atoms with Crippen LogP contribution in [0.1, 0.15) is 5.56 Å². The summed E-state index contributed by atoms with van der Waals surface area (Å²) in [7, 11) is 2.13. The lowest BCUT2D eigenvalue weighted by molar-refractivity contribution is 0.311. The van der Waals surface area contributed by atoms with E-state index in [1.807, 2.05) is 60.7 Å². The summed E-state index contributed by atoms with van der Waals surface area (Å²) in [5.41, 5.74) is 5.74. The number of hydrogen-bond donors (Lipinski definition) is 3. The van der Waals surface area contributed by atoms with Gasteiger partial charge in [0.1, 0.15) is 0 Å². The molecule has 10 heteroatoms. The van der Waals surface area contributed by atoms with Gasteiger partial charge in [0.2, 0.25) is 17.8 Å². The van der Waals surface area contributed by atoms with Crippen LogP contribution in [0.3, 0.4) is 0 Å². The highest BCUT2D eigenvalue weighted by Gasteiger charge is 2.19. The maximum Gasteiger partial charge on any atom is 0.233 e. The fourth-order valence-corrected chi connectivity index (χ4v) is 4.71. The Hall–Kier alpha value is -4.47. The van der Waals surface area contributed by atoms with E-state index in [-0.39, 0.29) is 0 Å². The summed E-state index contributed by atoms with van der Waals surface area (Å²) >= 11 is 6.14. The molecule has 2 aromatic heterocycles. The molecular formula is C30H30ClN9. The van der Waals surface area contributed by atoms with Gasteiger partial charge in [-0.15, -0.1) is 0 Å². The maximum atomic E-state index is 6.14. The molecule has 1 aliphatic rings. The molecule has 202 valence electrons. The van der Waals surface area contributed by atoms with Gasteiger partial charge in [-0.05, 0) is 74.6 Å². The van der Waals surface area contributed by atoms with Crippen molar-refractivity contribution in [3.8, 4) is 0 Å². The summed E-state index contributed by atoms with van der Waals surface area (Å²) < 4.78 is 0. The van der Waals surface area contributed by atoms with Crippen LogP contribution in [0.5, 0.6) is 0 Å². The van der Waals surface area contributed by atoms with Gasteiger partial charge < -0.3 is 25.8 Å². The quantitative estimate of drug-likeness (QED) is 0.213. The number of hydrogen-bond acceptors (Lipinski definition) is 9. The average molecular weight is 552 g/mol. The SMILES string of the molecule is Cc1ccc(Nc2nc(Nc3ccc(Nc4ccnc5cc(Cl)ccc45)cc3)nc(N3CCN(C)CC3)n2)cc1. The number of nitrogens with one attached hydrogen (secondary N) is 3. The van der Waals surface area contributed by atoms with Crippen molar-refractivity contribution in [2.45, 2.75) is 6.92 Å². The van der Waals surface area contributed by atoms with Crippen LogP contribution in [0, 0.1) is 6.92 Å². The first-order valence-corrected chi connectivity index (χ1v) is 13.6. The van der Waals surface area contributed by atoms with Crippen LogP contribution in [-0.4, -0.2) is 58.1 Å². The summed E-state index contributed by atoms with van der Waals surface area (Å²) in [6.45, 7) is 5.71. The van der Waals surface area contributed by atoms with Crippen LogP contribution in [0.25, 0.3) is 10.9 Å². The fourth-order valence-electron chi connectivity index (χ4n) is 4.54. The van der Waals surface area contributed by atoms with Gasteiger partial charge in [-0.1, -0.05) is 29.3 Å². The molecule has 3 N–H and O–H groups in total. The van der Waals surface area contributed by atoms with Crippen LogP contribution in [0.15, 0.2) is 79.0 Å². The summed E-state index contributed by atoms with van der Waals surface area (Å²) in [5.74, 6) is 1.64. The molecular weight excluding hydrogens is 522 g/mol. The Morgan fingerprint density at radius 2 is 1.30 bits per heavy atom. The number of halogens is 1. The minimum absolute atomic E-state index is 0.483. The predicted molar refractivity (Wildman–Crippen MR) is 164 cm³/mol. The first-order chi connectivity index (χ1) is 19.5. The number of nitrogens with zero attached hydrogens (tertiary/aromatic N) is 6. The number of piperazine rings is 1. The number of aromatic nitrogens is 4. The Bertz CT molecular complexity index is 1620. The lowest BCUT2D eigenvalue weighted by atomic mass is 10.2. The molecule has 5 aromatic rings. The van der Waals surface area contributed by atoms with Crippen LogP contribution in [0.2, 0.25) is 5.02 Å². The molecule has 0 atom stereocenters. The van der Waals surface area contributed by atoms with Gasteiger partial charge in [-0.3, -0.25) is 4.98 Å². The molecule has 0 saturated carbocycles. The van der Waals surface area contributed by atoms with Crippen molar-refractivity contribution in [1.82, 2.24) is 24.8 Å². The van der Waals surface area contributed by atoms with E-state index in [1.54, 1.807) is 6.20 Å². The second-order valence-electron chi connectivity index (χ2n) is 9.91. The molecule has 6 rings (SSSR count). The van der Waals surface area contributed by atoms with E-state index in [1.165, 1.54) is 5.56 Å². The van der Waals surface area contributed by atoms with Gasteiger partial charge in [0, 0.05) is 65.5 Å². The van der Waals surface area contributed by atoms with Crippen LogP contribution < -0.4 is 20.9 Å². The van der Waals surface area contributed by atoms with Gasteiger partial charge in [0.25, 0.3) is 0 Å². The zero-order valence-corrected chi connectivity index (χ0v) is 23.2. The number of benzene rings is 3. The molecule has 0 spiro atoms. The van der Waals surface area contributed by atoms with Crippen LogP contribution in [0.4, 0.5) is 40.6 Å². The third-order valence-electron chi connectivity index (χ3n) is 6.84. The van der Waals surface area contributed by atoms with E-state index < -0.39 is 0 Å². The van der Waals surface area contributed by atoms with Crippen molar-refractivity contribution >= 4 is 63.1 Å². The number of fused-ring (bicyclic) bond motifs is 1. The Morgan fingerprint density at radius 3 is 1.95 bits per heavy atom. The monoisotopic (exact) mass is 551 g/mol. The van der Waals surface area contributed by atoms with E-state index >= 15 is 0 Å². The number of rotatable bonds is 7. The van der Waals surface area contributed by atoms with Crippen LogP contribution >= 0.6 is 11.6 Å². The molecule has 0 aliphatic carbocycles. The van der Waals surface area contributed by atoms with E-state index in [2.05, 4.69) is 61.8 Å². The maximum absolute atomic E-state index is 6.14. The zero-order valence-electron chi connectivity index (χ0n) is 22.4. The lowest BCUT2D eigenvalue weighted by Gasteiger charge is -2.32. The normalized spacial score (nSPS) is 13.8. The van der Waals surface area contributed by atoms with E-state index in [0.29, 0.717) is 22.9 Å². The molecule has 9 nitrogen and oxygen atoms in total. The lowest BCUT2D eigenvalue weighted by Crippen LogP contribution is -2.45. The molecule has 0 amide bonds. The predicted octanol–water partition coefficient (Wildman–Crippen LogP) is 6.36. The third-order valence-corrected chi connectivity index (χ3v) is 7.08. The number of aryl methyl sites for hydroxylation is 1. The van der Waals surface area contributed by atoms with E-state index in [0.717, 1.165) is 59.8 Å². The third kappa shape index (κ3) is 6.06. The largest absolute Gasteiger partial charge is 0.355 e. The van der Waals surface area contributed by atoms with Crippen LogP contribution in [-0.2, 0) is 0 Å². The second kappa shape index (κ2) is 11.3. The van der Waals surface area contributed by atoms with Gasteiger partial charge in [0.15, 0.2) is 0 Å². The van der Waals surface area contributed by atoms with Gasteiger partial charge in [-0.2, -0.15) is 15.0 Å². The first-order valence-electron chi connectivity index (χ1n) is 13.2. The Morgan fingerprint density at radius 1 is 0.700 bits per heavy atom. The highest BCUT2D eigenvalue weighted by atomic mass is 35.5. The van der Waals surface area contributed by atoms with Crippen molar-refractivity contribution < 1.29 is 0 Å². The molecule has 1 aliphatic heterocycles. The summed E-state index contributed by atoms with van der Waals surface area (Å²) in [6.07, 6.45) is 1.78. The fraction of sp³-hybridized carbons (Fsp3) is 0.200. The van der Waals surface area contributed by atoms with Crippen molar-refractivity contribution in [2.24, 2.45) is 0 Å². The molecule has 0 radical (unpaired) electrons. The van der Waals surface area contributed by atoms with Crippen molar-refractivity contribution in [3.63, 3.8) is 0 Å². The summed E-state index contributed by atoms with van der Waals surface area (Å²) in [4.78, 5) is 23.1. The van der Waals surface area contributed by atoms with Crippen molar-refractivity contribution in [3.05, 3.63) is 89.6 Å². The molecule has 40 heavy (non-hydrogen) atoms. The number of likely N-dealkylation sites (N-methyl/N-ethyl adjacent to an activating group) is 1. The molecule has 3 heterocycles. The van der Waals surface area contributed by atoms with Gasteiger partial charge >= 0.3 is 0 Å². The Kier molecular flexibility index (Phi) is 7.31. The first kappa shape index (κ1) is 25.8. The zero-order chi connectivity index (χ0) is 27.5. The van der Waals surface area contributed by atoms with E-state index in [9.17, 15) is 0 Å². The molecule has 3 aromatic carbocycles. The van der Waals surface area contributed by atoms with E-state index in [4.69, 9.17) is 21.6 Å². The minimum Gasteiger partial charge on any atom is -0.355 e. The van der Waals surface area contributed by atoms with Gasteiger partial charge in [-0.25, -0.2) is 0 Å². The highest BCUT2D eigenvalue weighted by molar-refractivity contribution is 6.31. The molecule has 0 unspecified atom stereocenters. The average Bonchev–Trinajstić information content (AvgIpc) is 2.95. The summed E-state index contributed by atoms with van der Waals surface area (Å²) in [5, 5.41) is 11.9.